The molecule has 0 aromatic heterocycles. The van der Waals surface area contributed by atoms with E-state index >= 15 is 0 Å². The topological polar surface area (TPSA) is 95.9 Å². The van der Waals surface area contributed by atoms with Crippen LogP contribution < -0.4 is 5.32 Å². The second kappa shape index (κ2) is 62.9. The van der Waals surface area contributed by atoms with Gasteiger partial charge in [-0.3, -0.25) is 9.59 Å². The molecule has 0 saturated carbocycles. The van der Waals surface area contributed by atoms with Gasteiger partial charge >= 0.3 is 5.97 Å². The van der Waals surface area contributed by atoms with Crippen LogP contribution in [-0.4, -0.2) is 47.4 Å². The van der Waals surface area contributed by atoms with Crippen molar-refractivity contribution in [2.75, 3.05) is 13.2 Å². The number of unbranched alkanes of at least 4 members (excludes halogenated alkanes) is 47. The number of amides is 1. The van der Waals surface area contributed by atoms with Crippen molar-refractivity contribution in [2.45, 2.75) is 379 Å². The third-order valence-electron chi connectivity index (χ3n) is 15.5. The normalized spacial score (nSPS) is 12.7. The van der Waals surface area contributed by atoms with Gasteiger partial charge in [0.25, 0.3) is 0 Å². The fourth-order valence-corrected chi connectivity index (χ4v) is 10.4. The smallest absolute Gasteiger partial charge is 0.305 e. The summed E-state index contributed by atoms with van der Waals surface area (Å²) in [6.07, 6.45) is 77.8. The molecule has 0 rings (SSSR count). The van der Waals surface area contributed by atoms with Gasteiger partial charge in [-0.25, -0.2) is 0 Å². The highest BCUT2D eigenvalue weighted by Crippen LogP contribution is 2.18. The zero-order valence-electron chi connectivity index (χ0n) is 49.4. The van der Waals surface area contributed by atoms with E-state index in [1.54, 1.807) is 0 Å². The summed E-state index contributed by atoms with van der Waals surface area (Å²) in [5.41, 5.74) is 0. The molecule has 73 heavy (non-hydrogen) atoms. The Morgan fingerprint density at radius 2 is 0.685 bits per heavy atom. The van der Waals surface area contributed by atoms with Gasteiger partial charge in [-0.2, -0.15) is 0 Å². The van der Waals surface area contributed by atoms with E-state index in [0.717, 1.165) is 51.4 Å². The fraction of sp³-hybridized carbons (Fsp3) is 0.910. The number of aliphatic hydroxyl groups is 2. The Morgan fingerprint density at radius 3 is 1.07 bits per heavy atom. The molecule has 432 valence electrons. The summed E-state index contributed by atoms with van der Waals surface area (Å²) in [4.78, 5) is 24.6. The van der Waals surface area contributed by atoms with E-state index in [0.29, 0.717) is 25.9 Å². The van der Waals surface area contributed by atoms with E-state index < -0.39 is 12.1 Å². The molecule has 1 amide bonds. The predicted molar refractivity (Wildman–Crippen MR) is 320 cm³/mol. The van der Waals surface area contributed by atoms with E-state index in [2.05, 4.69) is 43.5 Å². The van der Waals surface area contributed by atoms with Gasteiger partial charge in [0, 0.05) is 12.8 Å². The summed E-state index contributed by atoms with van der Waals surface area (Å²) in [6.45, 7) is 4.95. The Bertz CT molecular complexity index is 1140. The molecule has 0 spiro atoms. The maximum atomic E-state index is 12.5. The van der Waals surface area contributed by atoms with Crippen LogP contribution in [0.5, 0.6) is 0 Å². The summed E-state index contributed by atoms with van der Waals surface area (Å²) in [5.74, 6) is -0.0199. The van der Waals surface area contributed by atoms with Gasteiger partial charge in [0.1, 0.15) is 0 Å². The largest absolute Gasteiger partial charge is 0.466 e. The summed E-state index contributed by atoms with van der Waals surface area (Å²) in [7, 11) is 0. The van der Waals surface area contributed by atoms with Crippen LogP contribution in [0.2, 0.25) is 0 Å². The molecule has 0 aromatic carbocycles. The monoisotopic (exact) mass is 1030 g/mol. The second-order valence-corrected chi connectivity index (χ2v) is 22.8. The molecule has 2 atom stereocenters. The highest BCUT2D eigenvalue weighted by molar-refractivity contribution is 5.76. The first-order valence-electron chi connectivity index (χ1n) is 33.1. The lowest BCUT2D eigenvalue weighted by atomic mass is 10.0. The number of ether oxygens (including phenoxy) is 1. The Labute approximate surface area is 456 Å². The fourth-order valence-electron chi connectivity index (χ4n) is 10.4. The van der Waals surface area contributed by atoms with Crippen molar-refractivity contribution in [3.63, 3.8) is 0 Å². The Kier molecular flexibility index (Phi) is 61.4. The molecule has 0 aromatic rings. The second-order valence-electron chi connectivity index (χ2n) is 22.8. The highest BCUT2D eigenvalue weighted by atomic mass is 16.5. The van der Waals surface area contributed by atoms with Crippen molar-refractivity contribution in [3.05, 3.63) is 24.3 Å². The average Bonchev–Trinajstić information content (AvgIpc) is 3.39. The first-order valence-corrected chi connectivity index (χ1v) is 33.1. The van der Waals surface area contributed by atoms with Crippen molar-refractivity contribution in [3.8, 4) is 0 Å². The standard InChI is InChI=1S/C67H129NO5/c1-3-5-7-9-11-13-15-17-18-19-26-30-33-37-41-45-49-53-57-61-67(72)73-62-58-54-50-46-42-38-34-31-28-25-23-21-20-22-24-27-29-32-36-40-44-48-52-56-60-66(71)68-64(63-69)65(70)59-55-51-47-43-39-35-16-14-12-10-8-6-4-2/h11,13,17-18,64-65,69-70H,3-10,12,14-16,19-63H2,1-2H3,(H,68,71)/b13-11-,18-17-. The maximum Gasteiger partial charge on any atom is 0.305 e. The van der Waals surface area contributed by atoms with Crippen LogP contribution in [0.4, 0.5) is 0 Å². The number of hydrogen-bond donors (Lipinski definition) is 3. The van der Waals surface area contributed by atoms with Gasteiger partial charge in [-0.1, -0.05) is 321 Å². The van der Waals surface area contributed by atoms with Gasteiger partial charge in [-0.05, 0) is 57.8 Å². The number of aliphatic hydroxyl groups excluding tert-OH is 2. The Hall–Kier alpha value is -1.66. The third kappa shape index (κ3) is 59.4. The summed E-state index contributed by atoms with van der Waals surface area (Å²) >= 11 is 0. The lowest BCUT2D eigenvalue weighted by Crippen LogP contribution is -2.45. The van der Waals surface area contributed by atoms with Crippen molar-refractivity contribution in [1.82, 2.24) is 5.32 Å². The third-order valence-corrected chi connectivity index (χ3v) is 15.5. The molecule has 0 radical (unpaired) electrons. The van der Waals surface area contributed by atoms with Gasteiger partial charge in [0.05, 0.1) is 25.4 Å². The van der Waals surface area contributed by atoms with Gasteiger partial charge < -0.3 is 20.3 Å². The highest BCUT2D eigenvalue weighted by Gasteiger charge is 2.20. The number of esters is 1. The molecular weight excluding hydrogens is 899 g/mol. The van der Waals surface area contributed by atoms with Crippen LogP contribution in [0.15, 0.2) is 24.3 Å². The Morgan fingerprint density at radius 1 is 0.384 bits per heavy atom. The van der Waals surface area contributed by atoms with Crippen molar-refractivity contribution >= 4 is 11.9 Å². The van der Waals surface area contributed by atoms with Crippen LogP contribution in [0.3, 0.4) is 0 Å². The maximum absolute atomic E-state index is 12.5. The van der Waals surface area contributed by atoms with Crippen LogP contribution in [-0.2, 0) is 14.3 Å². The molecule has 0 heterocycles. The minimum Gasteiger partial charge on any atom is -0.466 e. The molecule has 6 nitrogen and oxygen atoms in total. The lowest BCUT2D eigenvalue weighted by molar-refractivity contribution is -0.143. The molecule has 0 saturated heterocycles. The summed E-state index contributed by atoms with van der Waals surface area (Å²) < 4.78 is 5.50. The van der Waals surface area contributed by atoms with Crippen molar-refractivity contribution in [2.24, 2.45) is 0 Å². The molecule has 0 aliphatic carbocycles. The number of allylic oxidation sites excluding steroid dienone is 4. The number of carbonyl (C=O) groups is 2. The zero-order chi connectivity index (χ0) is 52.9. The van der Waals surface area contributed by atoms with E-state index in [-0.39, 0.29) is 18.5 Å². The van der Waals surface area contributed by atoms with Crippen molar-refractivity contribution in [1.29, 1.82) is 0 Å². The molecule has 0 aliphatic rings. The molecule has 0 aliphatic heterocycles. The number of nitrogens with one attached hydrogen (secondary N) is 1. The predicted octanol–water partition coefficient (Wildman–Crippen LogP) is 21.0. The Balaban J connectivity index is 3.34. The molecule has 2 unspecified atom stereocenters. The molecule has 6 heteroatoms. The lowest BCUT2D eigenvalue weighted by Gasteiger charge is -2.22. The van der Waals surface area contributed by atoms with Crippen molar-refractivity contribution < 1.29 is 24.5 Å². The number of carbonyl (C=O) groups excluding carboxylic acids is 2. The number of rotatable bonds is 62. The van der Waals surface area contributed by atoms with Gasteiger partial charge in [0.15, 0.2) is 0 Å². The van der Waals surface area contributed by atoms with Crippen LogP contribution in [0.1, 0.15) is 367 Å². The minimum atomic E-state index is -0.662. The molecule has 0 bridgehead atoms. The van der Waals surface area contributed by atoms with E-state index in [1.807, 2.05) is 0 Å². The van der Waals surface area contributed by atoms with Gasteiger partial charge in [-0.15, -0.1) is 0 Å². The zero-order valence-corrected chi connectivity index (χ0v) is 49.4. The SMILES string of the molecule is CCCCC/C=C\C/C=C\CCCCCCCCCCCC(=O)OCCCCCCCCCCCCCCCCCCCCCCCCCCC(=O)NC(CO)C(O)CCCCCCCCCCCCCCC. The number of hydrogen-bond acceptors (Lipinski definition) is 5. The van der Waals surface area contributed by atoms with Crippen LogP contribution in [0, 0.1) is 0 Å². The van der Waals surface area contributed by atoms with Crippen LogP contribution in [0.25, 0.3) is 0 Å². The summed E-state index contributed by atoms with van der Waals surface area (Å²) in [6, 6.07) is -0.540. The molecular formula is C67H129NO5. The quantitative estimate of drug-likeness (QED) is 0.0320. The van der Waals surface area contributed by atoms with E-state index in [9.17, 15) is 19.8 Å². The molecule has 3 N–H and O–H groups in total. The minimum absolute atomic E-state index is 0.0122. The van der Waals surface area contributed by atoms with E-state index in [1.165, 1.54) is 283 Å². The van der Waals surface area contributed by atoms with Crippen LogP contribution >= 0.6 is 0 Å². The average molecular weight is 1030 g/mol. The van der Waals surface area contributed by atoms with E-state index in [4.69, 9.17) is 4.74 Å². The molecule has 0 fully saturated rings. The summed E-state index contributed by atoms with van der Waals surface area (Å²) in [5, 5.41) is 23.3. The first kappa shape index (κ1) is 71.3. The first-order chi connectivity index (χ1) is 36.0. The van der Waals surface area contributed by atoms with Gasteiger partial charge in [0.2, 0.25) is 5.91 Å².